The normalized spacial score (nSPS) is 16.4. The van der Waals surface area contributed by atoms with Crippen molar-refractivity contribution in [3.8, 4) is 0 Å². The minimum atomic E-state index is -0.533. The molecule has 1 fully saturated rings. The largest absolute Gasteiger partial charge is 0.343 e. The molecule has 0 saturated carbocycles. The summed E-state index contributed by atoms with van der Waals surface area (Å²) in [5.74, 6) is -0.941. The van der Waals surface area contributed by atoms with Crippen LogP contribution in [0, 0.1) is 11.6 Å². The van der Waals surface area contributed by atoms with E-state index in [2.05, 4.69) is 5.32 Å². The molecule has 0 aromatic heterocycles. The second kappa shape index (κ2) is 6.79. The molecule has 1 aliphatic rings. The van der Waals surface area contributed by atoms with E-state index in [1.54, 1.807) is 6.92 Å². The Labute approximate surface area is 118 Å². The topological polar surface area (TPSA) is 32.3 Å². The summed E-state index contributed by atoms with van der Waals surface area (Å²) in [5, 5.41) is 3.39. The van der Waals surface area contributed by atoms with Gasteiger partial charge in [-0.15, -0.1) is 0 Å². The molecule has 110 valence electrons. The highest BCUT2D eigenvalue weighted by Crippen LogP contribution is 2.11. The van der Waals surface area contributed by atoms with Crippen LogP contribution in [0.1, 0.15) is 25.3 Å². The molecule has 1 saturated heterocycles. The van der Waals surface area contributed by atoms with Crippen molar-refractivity contribution in [2.75, 3.05) is 19.6 Å². The molecule has 1 heterocycles. The van der Waals surface area contributed by atoms with Crippen molar-refractivity contribution in [2.24, 2.45) is 0 Å². The molecule has 1 aliphatic heterocycles. The Morgan fingerprint density at radius 2 is 1.85 bits per heavy atom. The van der Waals surface area contributed by atoms with Crippen LogP contribution in [0.3, 0.4) is 0 Å². The van der Waals surface area contributed by atoms with Crippen molar-refractivity contribution in [1.29, 1.82) is 0 Å². The maximum absolute atomic E-state index is 13.0. The molecule has 1 amide bonds. The maximum Gasteiger partial charge on any atom is 0.219 e. The van der Waals surface area contributed by atoms with Gasteiger partial charge in [0.1, 0.15) is 11.6 Å². The third kappa shape index (κ3) is 4.27. The van der Waals surface area contributed by atoms with Crippen LogP contribution >= 0.6 is 0 Å². The fourth-order valence-electron chi connectivity index (χ4n) is 2.57. The fraction of sp³-hybridized carbons (Fsp3) is 0.533. The number of hydrogen-bond donors (Lipinski definition) is 1. The van der Waals surface area contributed by atoms with Gasteiger partial charge in [-0.1, -0.05) is 0 Å². The van der Waals surface area contributed by atoms with Crippen LogP contribution in [-0.4, -0.2) is 36.5 Å². The number of carbonyl (C=O) groups is 1. The van der Waals surface area contributed by atoms with E-state index in [0.29, 0.717) is 24.6 Å². The Bertz CT molecular complexity index is 451. The van der Waals surface area contributed by atoms with Gasteiger partial charge in [0, 0.05) is 32.1 Å². The zero-order valence-corrected chi connectivity index (χ0v) is 11.7. The number of amides is 1. The van der Waals surface area contributed by atoms with Gasteiger partial charge in [-0.25, -0.2) is 8.78 Å². The number of rotatable bonds is 4. The van der Waals surface area contributed by atoms with Crippen LogP contribution in [0.2, 0.25) is 0 Å². The number of hydrogen-bond acceptors (Lipinski definition) is 2. The van der Waals surface area contributed by atoms with Crippen molar-refractivity contribution >= 4 is 5.91 Å². The van der Waals surface area contributed by atoms with E-state index in [0.717, 1.165) is 32.0 Å². The average molecular weight is 282 g/mol. The van der Waals surface area contributed by atoms with Gasteiger partial charge in [-0.2, -0.15) is 0 Å². The average Bonchev–Trinajstić information content (AvgIpc) is 2.38. The quantitative estimate of drug-likeness (QED) is 0.917. The third-order valence-electron chi connectivity index (χ3n) is 3.71. The van der Waals surface area contributed by atoms with Gasteiger partial charge >= 0.3 is 0 Å². The highest BCUT2D eigenvalue weighted by Gasteiger charge is 2.19. The van der Waals surface area contributed by atoms with Crippen LogP contribution in [0.4, 0.5) is 8.78 Å². The van der Waals surface area contributed by atoms with Crippen molar-refractivity contribution < 1.29 is 13.6 Å². The smallest absolute Gasteiger partial charge is 0.219 e. The monoisotopic (exact) mass is 282 g/mol. The Hall–Kier alpha value is -1.49. The highest BCUT2D eigenvalue weighted by atomic mass is 19.1. The molecule has 0 spiro atoms. The van der Waals surface area contributed by atoms with Crippen LogP contribution in [0.5, 0.6) is 0 Å². The summed E-state index contributed by atoms with van der Waals surface area (Å²) in [6.45, 7) is 3.84. The number of nitrogens with one attached hydrogen (secondary N) is 1. The molecule has 5 heteroatoms. The van der Waals surface area contributed by atoms with Gasteiger partial charge in [0.25, 0.3) is 0 Å². The molecule has 1 N–H and O–H groups in total. The highest BCUT2D eigenvalue weighted by molar-refractivity contribution is 5.73. The summed E-state index contributed by atoms with van der Waals surface area (Å²) in [5.41, 5.74) is 0.663. The first-order chi connectivity index (χ1) is 9.54. The first kappa shape index (κ1) is 14.9. The molecule has 3 nitrogen and oxygen atoms in total. The van der Waals surface area contributed by atoms with Gasteiger partial charge in [0.2, 0.25) is 5.91 Å². The number of likely N-dealkylation sites (tertiary alicyclic amines) is 1. The van der Waals surface area contributed by atoms with Gasteiger partial charge < -0.3 is 10.2 Å². The predicted molar refractivity (Wildman–Crippen MR) is 73.3 cm³/mol. The van der Waals surface area contributed by atoms with Gasteiger partial charge in [0.05, 0.1) is 0 Å². The van der Waals surface area contributed by atoms with Gasteiger partial charge in [-0.3, -0.25) is 4.79 Å². The van der Waals surface area contributed by atoms with E-state index < -0.39 is 11.6 Å². The van der Waals surface area contributed by atoms with Crippen LogP contribution in [0.15, 0.2) is 18.2 Å². The Morgan fingerprint density at radius 3 is 2.40 bits per heavy atom. The standard InChI is InChI=1S/C15H20F2N2O/c1-11(20)19-6-3-15(4-7-19)18-5-2-12-8-13(16)10-14(17)9-12/h8-10,15,18H,2-7H2,1H3. The number of nitrogens with zero attached hydrogens (tertiary/aromatic N) is 1. The minimum Gasteiger partial charge on any atom is -0.343 e. The van der Waals surface area contributed by atoms with Crippen molar-refractivity contribution in [3.63, 3.8) is 0 Å². The minimum absolute atomic E-state index is 0.124. The number of halogens is 2. The lowest BCUT2D eigenvalue weighted by atomic mass is 10.0. The Balaban J connectivity index is 1.73. The van der Waals surface area contributed by atoms with Crippen molar-refractivity contribution in [2.45, 2.75) is 32.2 Å². The molecular weight excluding hydrogens is 262 g/mol. The number of benzene rings is 1. The predicted octanol–water partition coefficient (Wildman–Crippen LogP) is 2.11. The lowest BCUT2D eigenvalue weighted by Gasteiger charge is -2.31. The van der Waals surface area contributed by atoms with E-state index in [1.165, 1.54) is 12.1 Å². The molecule has 0 radical (unpaired) electrons. The third-order valence-corrected chi connectivity index (χ3v) is 3.71. The summed E-state index contributed by atoms with van der Waals surface area (Å²) in [4.78, 5) is 13.1. The van der Waals surface area contributed by atoms with Crippen LogP contribution in [0.25, 0.3) is 0 Å². The first-order valence-corrected chi connectivity index (χ1v) is 6.98. The lowest BCUT2D eigenvalue weighted by Crippen LogP contribution is -2.44. The van der Waals surface area contributed by atoms with Gasteiger partial charge in [0.15, 0.2) is 0 Å². The second-order valence-corrected chi connectivity index (χ2v) is 5.26. The van der Waals surface area contributed by atoms with Crippen LogP contribution < -0.4 is 5.32 Å². The molecule has 1 aromatic carbocycles. The summed E-state index contributed by atoms with van der Waals surface area (Å²) in [7, 11) is 0. The molecule has 0 atom stereocenters. The SMILES string of the molecule is CC(=O)N1CCC(NCCc2cc(F)cc(F)c2)CC1. The molecule has 1 aromatic rings. The van der Waals surface area contributed by atoms with E-state index in [1.807, 2.05) is 4.90 Å². The zero-order chi connectivity index (χ0) is 14.5. The number of piperidine rings is 1. The molecule has 2 rings (SSSR count). The molecular formula is C15H20F2N2O. The molecule has 20 heavy (non-hydrogen) atoms. The van der Waals surface area contributed by atoms with Gasteiger partial charge in [-0.05, 0) is 43.5 Å². The van der Waals surface area contributed by atoms with E-state index in [9.17, 15) is 13.6 Å². The second-order valence-electron chi connectivity index (χ2n) is 5.26. The zero-order valence-electron chi connectivity index (χ0n) is 11.7. The van der Waals surface area contributed by atoms with Crippen LogP contribution in [-0.2, 0) is 11.2 Å². The van der Waals surface area contributed by atoms with Crippen molar-refractivity contribution in [3.05, 3.63) is 35.4 Å². The Kier molecular flexibility index (Phi) is 5.06. The van der Waals surface area contributed by atoms with E-state index in [4.69, 9.17) is 0 Å². The fourth-order valence-corrected chi connectivity index (χ4v) is 2.57. The van der Waals surface area contributed by atoms with E-state index in [-0.39, 0.29) is 5.91 Å². The van der Waals surface area contributed by atoms with E-state index >= 15 is 0 Å². The summed E-state index contributed by atoms with van der Waals surface area (Å²) in [6, 6.07) is 3.99. The van der Waals surface area contributed by atoms with Crippen molar-refractivity contribution in [1.82, 2.24) is 10.2 Å². The summed E-state index contributed by atoms with van der Waals surface area (Å²) in [6.07, 6.45) is 2.45. The Morgan fingerprint density at radius 1 is 1.25 bits per heavy atom. The summed E-state index contributed by atoms with van der Waals surface area (Å²) >= 11 is 0. The lowest BCUT2D eigenvalue weighted by molar-refractivity contribution is -0.129. The maximum atomic E-state index is 13.0. The number of carbonyl (C=O) groups excluding carboxylic acids is 1. The molecule has 0 unspecified atom stereocenters. The first-order valence-electron chi connectivity index (χ1n) is 6.98. The summed E-state index contributed by atoms with van der Waals surface area (Å²) < 4.78 is 26.1. The molecule has 0 bridgehead atoms. The molecule has 0 aliphatic carbocycles.